The number of fused-ring (bicyclic) bond motifs is 2. The Kier molecular flexibility index (Phi) is 14.4. The fraction of sp³-hybridized carbons (Fsp3) is 0.118. The molecule has 0 nitrogen and oxygen atoms in total. The van der Waals surface area contributed by atoms with Crippen molar-refractivity contribution in [3.63, 3.8) is 0 Å². The first-order valence-corrected chi connectivity index (χ1v) is 14.2. The normalized spacial score (nSPS) is 9.50. The van der Waals surface area contributed by atoms with E-state index < -0.39 is 0 Å². The molecular weight excluding hydrogens is 528 g/mol. The summed E-state index contributed by atoms with van der Waals surface area (Å²) in [6, 6.07) is 50.6. The van der Waals surface area contributed by atoms with E-state index in [1.54, 1.807) is 0 Å². The predicted octanol–water partition coefficient (Wildman–Crippen LogP) is 9.37. The molecule has 6 rings (SSSR count). The molecule has 0 spiro atoms. The minimum absolute atomic E-state index is 0. The van der Waals surface area contributed by atoms with Crippen LogP contribution in [0.1, 0.15) is 11.1 Å². The number of hydrogen-bond donors (Lipinski definition) is 0. The summed E-state index contributed by atoms with van der Waals surface area (Å²) in [4.78, 5) is 0. The summed E-state index contributed by atoms with van der Waals surface area (Å²) < 4.78 is 0. The molecule has 6 aromatic rings. The fourth-order valence-corrected chi connectivity index (χ4v) is 3.72. The van der Waals surface area contributed by atoms with Gasteiger partial charge in [0, 0.05) is 9.52 Å². The Labute approximate surface area is 238 Å². The number of rotatable bonds is 3. The molecular formula is C34H34SiZr. The minimum Gasteiger partial charge on any atom is -0.168 e. The molecule has 0 bridgehead atoms. The molecule has 0 heterocycles. The van der Waals surface area contributed by atoms with Gasteiger partial charge < -0.3 is 0 Å². The van der Waals surface area contributed by atoms with E-state index in [0.29, 0.717) is 0 Å². The summed E-state index contributed by atoms with van der Waals surface area (Å²) in [6.45, 7) is 4.31. The minimum atomic E-state index is 0. The second kappa shape index (κ2) is 17.6. The van der Waals surface area contributed by atoms with Gasteiger partial charge in [0.2, 0.25) is 0 Å². The van der Waals surface area contributed by atoms with Gasteiger partial charge in [0.1, 0.15) is 0 Å². The van der Waals surface area contributed by atoms with E-state index in [1.807, 2.05) is 0 Å². The van der Waals surface area contributed by atoms with Gasteiger partial charge in [-0.25, -0.2) is 0 Å². The molecule has 0 atom stereocenters. The third-order valence-corrected chi connectivity index (χ3v) is 5.48. The zero-order valence-electron chi connectivity index (χ0n) is 21.3. The Bertz CT molecular complexity index is 1170. The summed E-state index contributed by atoms with van der Waals surface area (Å²) in [5.41, 5.74) is 2.83. The Morgan fingerprint density at radius 1 is 0.472 bits per heavy atom. The Balaban J connectivity index is 0.000000183. The topological polar surface area (TPSA) is 0 Å². The summed E-state index contributed by atoms with van der Waals surface area (Å²) in [7, 11) is 1.08. The van der Waals surface area contributed by atoms with Crippen LogP contribution in [0.15, 0.2) is 146 Å². The molecule has 0 N–H and O–H groups in total. The molecule has 0 aliphatic rings. The molecule has 2 heteroatoms. The van der Waals surface area contributed by atoms with Crippen LogP contribution in [0.4, 0.5) is 0 Å². The van der Waals surface area contributed by atoms with E-state index in [-0.39, 0.29) is 26.2 Å². The molecule has 0 fully saturated rings. The average molecular weight is 562 g/mol. The van der Waals surface area contributed by atoms with Crippen LogP contribution in [0, 0.1) is 0 Å². The van der Waals surface area contributed by atoms with Crippen LogP contribution in [0.5, 0.6) is 0 Å². The van der Waals surface area contributed by atoms with Crippen LogP contribution in [0.3, 0.4) is 0 Å². The van der Waals surface area contributed by atoms with Gasteiger partial charge >= 0.3 is 26.2 Å². The maximum atomic E-state index is 2.18. The molecule has 36 heavy (non-hydrogen) atoms. The maximum absolute atomic E-state index is 2.18. The monoisotopic (exact) mass is 560 g/mol. The van der Waals surface area contributed by atoms with Crippen LogP contribution >= 0.6 is 0 Å². The molecule has 178 valence electrons. The first-order valence-electron chi connectivity index (χ1n) is 12.2. The van der Waals surface area contributed by atoms with Gasteiger partial charge in [0.15, 0.2) is 0 Å². The Morgan fingerprint density at radius 2 is 0.806 bits per heavy atom. The van der Waals surface area contributed by atoms with E-state index in [4.69, 9.17) is 0 Å². The van der Waals surface area contributed by atoms with Crippen molar-refractivity contribution in [1.29, 1.82) is 0 Å². The van der Waals surface area contributed by atoms with Gasteiger partial charge in [-0.2, -0.15) is 35.0 Å². The largest absolute Gasteiger partial charge is 2.00 e. The van der Waals surface area contributed by atoms with Gasteiger partial charge in [0.05, 0.1) is 0 Å². The van der Waals surface area contributed by atoms with Gasteiger partial charge in [-0.05, 0) is 24.0 Å². The van der Waals surface area contributed by atoms with E-state index in [2.05, 4.69) is 159 Å². The zero-order chi connectivity index (χ0) is 24.6. The van der Waals surface area contributed by atoms with Gasteiger partial charge in [-0.15, -0.1) is 59.3 Å². The molecule has 0 aliphatic heterocycles. The van der Waals surface area contributed by atoms with Crippen LogP contribution in [-0.4, -0.2) is 9.52 Å². The third kappa shape index (κ3) is 10.4. The van der Waals surface area contributed by atoms with Gasteiger partial charge in [0.25, 0.3) is 0 Å². The summed E-state index contributed by atoms with van der Waals surface area (Å²) >= 11 is 0. The first-order chi connectivity index (χ1) is 17.3. The Hall–Kier alpha value is -2.80. The molecule has 0 aromatic heterocycles. The predicted molar refractivity (Wildman–Crippen MR) is 157 cm³/mol. The quantitative estimate of drug-likeness (QED) is 0.149. The third-order valence-electron chi connectivity index (χ3n) is 5.48. The van der Waals surface area contributed by atoms with E-state index in [0.717, 1.165) is 22.4 Å². The van der Waals surface area contributed by atoms with Gasteiger partial charge in [-0.1, -0.05) is 85.9 Å². The van der Waals surface area contributed by atoms with E-state index in [9.17, 15) is 0 Å². The molecule has 2 radical (unpaired) electrons. The average Bonchev–Trinajstić information content (AvgIpc) is 3.60. The summed E-state index contributed by atoms with van der Waals surface area (Å²) in [5, 5.41) is 5.32. The van der Waals surface area contributed by atoms with E-state index >= 15 is 0 Å². The number of benzene rings is 4. The molecule has 0 aliphatic carbocycles. The number of aryl methyl sites for hydroxylation is 2. The van der Waals surface area contributed by atoms with Crippen molar-refractivity contribution in [3.8, 4) is 0 Å². The maximum Gasteiger partial charge on any atom is 2.00 e. The zero-order valence-corrected chi connectivity index (χ0v) is 24.7. The van der Waals surface area contributed by atoms with Crippen molar-refractivity contribution in [2.24, 2.45) is 0 Å². The van der Waals surface area contributed by atoms with Crippen molar-refractivity contribution >= 4 is 31.1 Å². The smallest absolute Gasteiger partial charge is 0.168 e. The summed E-state index contributed by atoms with van der Waals surface area (Å²) in [5.74, 6) is 0. The van der Waals surface area contributed by atoms with Crippen LogP contribution in [0.2, 0.25) is 13.1 Å². The second-order valence-electron chi connectivity index (χ2n) is 8.28. The van der Waals surface area contributed by atoms with Crippen molar-refractivity contribution in [1.82, 2.24) is 0 Å². The fourth-order valence-electron chi connectivity index (χ4n) is 3.72. The number of hydrogen-bond acceptors (Lipinski definition) is 0. The van der Waals surface area contributed by atoms with Crippen LogP contribution < -0.4 is 0 Å². The van der Waals surface area contributed by atoms with Crippen LogP contribution in [0.25, 0.3) is 21.5 Å². The van der Waals surface area contributed by atoms with Crippen LogP contribution in [-0.2, 0) is 39.0 Å². The molecule has 6 aromatic carbocycles. The molecule has 0 saturated carbocycles. The molecule has 0 unspecified atom stereocenters. The second-order valence-corrected chi connectivity index (χ2v) is 9.28. The van der Waals surface area contributed by atoms with E-state index in [1.165, 1.54) is 32.7 Å². The van der Waals surface area contributed by atoms with Crippen molar-refractivity contribution < 1.29 is 26.2 Å². The summed E-state index contributed by atoms with van der Waals surface area (Å²) in [6.07, 6.45) is 2.26. The SMILES string of the molecule is C[Si]C.[Zr+2].c1ccc(CCc2ccccc2)cc1.c1ccc2[cH-]ccc2c1.c1ccc2[cH-]ccc2c1. The molecule has 0 saturated heterocycles. The first kappa shape index (κ1) is 29.4. The van der Waals surface area contributed by atoms with Crippen molar-refractivity contribution in [2.75, 3.05) is 0 Å². The van der Waals surface area contributed by atoms with Crippen molar-refractivity contribution in [3.05, 3.63) is 157 Å². The standard InChI is InChI=1S/C14H14.2C9H7.C2H6Si.Zr/c1-3-7-13(8-4-1)11-12-14-9-5-2-6-10-14;2*1-2-5-9-7-3-6-8(9)4-1;1-3-2;/h1-10H,11-12H2;2*1-7H;1-2H3;/q;2*-1;;+2. The Morgan fingerprint density at radius 3 is 1.17 bits per heavy atom. The molecule has 0 amide bonds. The van der Waals surface area contributed by atoms with Gasteiger partial charge in [-0.3, -0.25) is 0 Å². The van der Waals surface area contributed by atoms with Crippen molar-refractivity contribution in [2.45, 2.75) is 25.9 Å².